The summed E-state index contributed by atoms with van der Waals surface area (Å²) in [5.41, 5.74) is 0. The number of nitrogens with zero attached hydrogens (tertiary/aromatic N) is 4. The van der Waals surface area contributed by atoms with E-state index in [1.807, 2.05) is 35.2 Å². The van der Waals surface area contributed by atoms with Crippen LogP contribution in [0.25, 0.3) is 0 Å². The molecule has 116 valence electrons. The quantitative estimate of drug-likeness (QED) is 0.908. The number of nitrogens with one attached hydrogen (secondary N) is 1. The summed E-state index contributed by atoms with van der Waals surface area (Å²) < 4.78 is 1.92. The molecular formula is C16H21N5O. The van der Waals surface area contributed by atoms with Crippen LogP contribution in [0.15, 0.2) is 43.1 Å². The Bertz CT molecular complexity index is 584. The Labute approximate surface area is 130 Å². The number of piperidine rings is 1. The van der Waals surface area contributed by atoms with Gasteiger partial charge in [-0.2, -0.15) is 0 Å². The number of carbonyl (C=O) groups excluding carboxylic acids is 1. The Morgan fingerprint density at radius 1 is 1.36 bits per heavy atom. The zero-order valence-corrected chi connectivity index (χ0v) is 12.6. The topological polar surface area (TPSA) is 63.1 Å². The summed E-state index contributed by atoms with van der Waals surface area (Å²) in [5.74, 6) is 1.08. The predicted molar refractivity (Wildman–Crippen MR) is 84.5 cm³/mol. The van der Waals surface area contributed by atoms with Gasteiger partial charge >= 0.3 is 0 Å². The first-order chi connectivity index (χ1) is 10.8. The third kappa shape index (κ3) is 3.84. The molecule has 1 atom stereocenters. The van der Waals surface area contributed by atoms with Crippen molar-refractivity contribution in [2.24, 2.45) is 0 Å². The maximum absolute atomic E-state index is 12.1. The Balaban J connectivity index is 1.48. The molecule has 3 rings (SSSR count). The van der Waals surface area contributed by atoms with Gasteiger partial charge in [-0.05, 0) is 25.0 Å². The molecule has 1 aliphatic rings. The smallest absolute Gasteiger partial charge is 0.222 e. The fourth-order valence-corrected chi connectivity index (χ4v) is 2.79. The third-order valence-electron chi connectivity index (χ3n) is 3.92. The molecule has 1 N–H and O–H groups in total. The van der Waals surface area contributed by atoms with Crippen LogP contribution >= 0.6 is 0 Å². The second-order valence-electron chi connectivity index (χ2n) is 5.59. The second-order valence-corrected chi connectivity index (χ2v) is 5.59. The van der Waals surface area contributed by atoms with E-state index in [2.05, 4.69) is 20.2 Å². The highest BCUT2D eigenvalue weighted by molar-refractivity contribution is 5.76. The van der Waals surface area contributed by atoms with Crippen molar-refractivity contribution in [3.8, 4) is 0 Å². The highest BCUT2D eigenvalue weighted by atomic mass is 16.1. The number of carbonyl (C=O) groups is 1. The number of imidazole rings is 1. The van der Waals surface area contributed by atoms with Crippen LogP contribution in [0.5, 0.6) is 0 Å². The minimum absolute atomic E-state index is 0.0987. The van der Waals surface area contributed by atoms with Gasteiger partial charge in [0.2, 0.25) is 5.91 Å². The summed E-state index contributed by atoms with van der Waals surface area (Å²) in [7, 11) is 0. The van der Waals surface area contributed by atoms with Gasteiger partial charge in [0, 0.05) is 50.7 Å². The summed E-state index contributed by atoms with van der Waals surface area (Å²) in [6, 6.07) is 6.13. The van der Waals surface area contributed by atoms with Gasteiger partial charge in [-0.15, -0.1) is 0 Å². The molecule has 0 aliphatic carbocycles. The van der Waals surface area contributed by atoms with Gasteiger partial charge in [0.25, 0.3) is 0 Å². The molecule has 0 bridgehead atoms. The summed E-state index contributed by atoms with van der Waals surface area (Å²) in [4.78, 5) is 22.7. The van der Waals surface area contributed by atoms with Gasteiger partial charge in [-0.1, -0.05) is 6.07 Å². The first-order valence-electron chi connectivity index (χ1n) is 7.72. The van der Waals surface area contributed by atoms with Crippen molar-refractivity contribution < 1.29 is 4.79 Å². The number of hydrogen-bond acceptors (Lipinski definition) is 4. The molecule has 0 spiro atoms. The standard InChI is InChI=1S/C16H21N5O/c22-16(6-10-20-11-8-17-13-20)19-14-4-3-9-21(12-14)15-5-1-2-7-18-15/h1-2,5,7-8,11,13-14H,3-4,6,9-10,12H2,(H,19,22)/t14-/m1/s1. The van der Waals surface area contributed by atoms with Gasteiger partial charge in [-0.25, -0.2) is 9.97 Å². The van der Waals surface area contributed by atoms with Crippen LogP contribution in [-0.4, -0.2) is 39.6 Å². The molecule has 1 saturated heterocycles. The molecule has 0 unspecified atom stereocenters. The van der Waals surface area contributed by atoms with Crippen molar-refractivity contribution in [1.82, 2.24) is 19.9 Å². The summed E-state index contributed by atoms with van der Waals surface area (Å²) in [6.45, 7) is 2.49. The van der Waals surface area contributed by atoms with Crippen LogP contribution in [0.4, 0.5) is 5.82 Å². The predicted octanol–water partition coefficient (Wildman–Crippen LogP) is 1.45. The normalized spacial score (nSPS) is 18.2. The number of aryl methyl sites for hydroxylation is 1. The van der Waals surface area contributed by atoms with Gasteiger partial charge < -0.3 is 14.8 Å². The van der Waals surface area contributed by atoms with Gasteiger partial charge in [0.05, 0.1) is 6.33 Å². The largest absolute Gasteiger partial charge is 0.355 e. The molecule has 2 aromatic heterocycles. The van der Waals surface area contributed by atoms with Crippen molar-refractivity contribution in [3.63, 3.8) is 0 Å². The van der Waals surface area contributed by atoms with Crippen molar-refractivity contribution in [2.75, 3.05) is 18.0 Å². The Morgan fingerprint density at radius 2 is 2.32 bits per heavy atom. The van der Waals surface area contributed by atoms with E-state index in [4.69, 9.17) is 0 Å². The third-order valence-corrected chi connectivity index (χ3v) is 3.92. The van der Waals surface area contributed by atoms with E-state index in [9.17, 15) is 4.79 Å². The van der Waals surface area contributed by atoms with E-state index < -0.39 is 0 Å². The van der Waals surface area contributed by atoms with Crippen molar-refractivity contribution in [3.05, 3.63) is 43.1 Å². The Hall–Kier alpha value is -2.37. The minimum Gasteiger partial charge on any atom is -0.355 e. The molecule has 0 radical (unpaired) electrons. The number of amides is 1. The van der Waals surface area contributed by atoms with Crippen molar-refractivity contribution in [1.29, 1.82) is 0 Å². The average molecular weight is 299 g/mol. The van der Waals surface area contributed by atoms with E-state index in [1.165, 1.54) is 0 Å². The van der Waals surface area contributed by atoms with Crippen LogP contribution in [0, 0.1) is 0 Å². The van der Waals surface area contributed by atoms with Crippen LogP contribution in [0.2, 0.25) is 0 Å². The van der Waals surface area contributed by atoms with E-state index in [0.29, 0.717) is 13.0 Å². The second kappa shape index (κ2) is 7.06. The average Bonchev–Trinajstić information content (AvgIpc) is 3.08. The lowest BCUT2D eigenvalue weighted by molar-refractivity contribution is -0.122. The van der Waals surface area contributed by atoms with Crippen LogP contribution in [0.3, 0.4) is 0 Å². The molecule has 0 aromatic carbocycles. The van der Waals surface area contributed by atoms with Gasteiger partial charge in [0.15, 0.2) is 0 Å². The highest BCUT2D eigenvalue weighted by Gasteiger charge is 2.21. The fourth-order valence-electron chi connectivity index (χ4n) is 2.79. The fraction of sp³-hybridized carbons (Fsp3) is 0.438. The van der Waals surface area contributed by atoms with Crippen molar-refractivity contribution >= 4 is 11.7 Å². The van der Waals surface area contributed by atoms with Gasteiger partial charge in [0.1, 0.15) is 5.82 Å². The molecule has 2 aromatic rings. The lowest BCUT2D eigenvalue weighted by Gasteiger charge is -2.34. The van der Waals surface area contributed by atoms with Crippen molar-refractivity contribution in [2.45, 2.75) is 31.8 Å². The summed E-state index contributed by atoms with van der Waals surface area (Å²) in [5, 5.41) is 3.14. The zero-order chi connectivity index (χ0) is 15.2. The highest BCUT2D eigenvalue weighted by Crippen LogP contribution is 2.17. The van der Waals surface area contributed by atoms with Crippen LogP contribution in [0.1, 0.15) is 19.3 Å². The molecule has 0 saturated carbocycles. The van der Waals surface area contributed by atoms with E-state index in [1.54, 1.807) is 12.5 Å². The van der Waals surface area contributed by atoms with Gasteiger partial charge in [-0.3, -0.25) is 4.79 Å². The Morgan fingerprint density at radius 3 is 3.09 bits per heavy atom. The number of aromatic nitrogens is 3. The molecule has 1 fully saturated rings. The van der Waals surface area contributed by atoms with E-state index in [-0.39, 0.29) is 11.9 Å². The molecule has 22 heavy (non-hydrogen) atoms. The number of anilines is 1. The Kier molecular flexibility index (Phi) is 4.68. The monoisotopic (exact) mass is 299 g/mol. The van der Waals surface area contributed by atoms with Crippen LogP contribution in [-0.2, 0) is 11.3 Å². The molecular weight excluding hydrogens is 278 g/mol. The molecule has 6 nitrogen and oxygen atoms in total. The molecule has 1 amide bonds. The van der Waals surface area contributed by atoms with Crippen LogP contribution < -0.4 is 10.2 Å². The zero-order valence-electron chi connectivity index (χ0n) is 12.6. The number of hydrogen-bond donors (Lipinski definition) is 1. The number of rotatable bonds is 5. The first-order valence-corrected chi connectivity index (χ1v) is 7.72. The van der Waals surface area contributed by atoms with E-state index in [0.717, 1.165) is 31.7 Å². The maximum atomic E-state index is 12.1. The summed E-state index contributed by atoms with van der Waals surface area (Å²) >= 11 is 0. The number of pyridine rings is 1. The molecule has 3 heterocycles. The lowest BCUT2D eigenvalue weighted by atomic mass is 10.1. The first kappa shape index (κ1) is 14.6. The molecule has 1 aliphatic heterocycles. The minimum atomic E-state index is 0.0987. The maximum Gasteiger partial charge on any atom is 0.222 e. The molecule has 6 heteroatoms. The van der Waals surface area contributed by atoms with E-state index >= 15 is 0 Å². The lowest BCUT2D eigenvalue weighted by Crippen LogP contribution is -2.48. The summed E-state index contributed by atoms with van der Waals surface area (Å²) in [6.07, 6.45) is 9.72. The SMILES string of the molecule is O=C(CCn1ccnc1)N[C@@H]1CCCN(c2ccccn2)C1.